The van der Waals surface area contributed by atoms with Crippen LogP contribution in [0.2, 0.25) is 0 Å². The number of esters is 2. The molecule has 1 aliphatic carbocycles. The lowest BCUT2D eigenvalue weighted by Gasteiger charge is -2.47. The number of hydrogen-bond acceptors (Lipinski definition) is 9. The normalized spacial score (nSPS) is 21.8. The van der Waals surface area contributed by atoms with E-state index in [1.807, 2.05) is 49.4 Å². The number of methoxy groups -OCH3 is 1. The summed E-state index contributed by atoms with van der Waals surface area (Å²) in [4.78, 5) is 62.7. The molecule has 230 valence electrons. The fourth-order valence-electron chi connectivity index (χ4n) is 6.48. The molecule has 2 aromatic carbocycles. The quantitative estimate of drug-likeness (QED) is 0.0817. The van der Waals surface area contributed by atoms with Gasteiger partial charge in [0.05, 0.1) is 31.4 Å². The summed E-state index contributed by atoms with van der Waals surface area (Å²) >= 11 is 0. The van der Waals surface area contributed by atoms with Gasteiger partial charge in [-0.05, 0) is 22.8 Å². The number of carbonyl (C=O) groups excluding carboxylic acids is 4. The topological polar surface area (TPSA) is 118 Å². The number of rotatable bonds is 13. The van der Waals surface area contributed by atoms with Gasteiger partial charge in [-0.2, -0.15) is 4.89 Å². The first-order valence-electron chi connectivity index (χ1n) is 14.4. The maximum atomic E-state index is 13.4. The van der Waals surface area contributed by atoms with Crippen LogP contribution >= 0.6 is 0 Å². The van der Waals surface area contributed by atoms with Crippen molar-refractivity contribution in [2.75, 3.05) is 26.9 Å². The van der Waals surface area contributed by atoms with E-state index < -0.39 is 29.8 Å². The van der Waals surface area contributed by atoms with Crippen LogP contribution < -0.4 is 4.74 Å². The van der Waals surface area contributed by atoms with Crippen molar-refractivity contribution in [2.24, 2.45) is 17.8 Å². The monoisotopic (exact) mass is 601 g/mol. The third-order valence-electron chi connectivity index (χ3n) is 8.58. The first-order chi connectivity index (χ1) is 21.2. The van der Waals surface area contributed by atoms with E-state index in [0.717, 1.165) is 22.3 Å². The summed E-state index contributed by atoms with van der Waals surface area (Å²) in [5.41, 5.74) is 4.46. The Kier molecular flexibility index (Phi) is 9.01. The van der Waals surface area contributed by atoms with Crippen molar-refractivity contribution in [2.45, 2.75) is 32.2 Å². The van der Waals surface area contributed by atoms with Crippen LogP contribution in [-0.2, 0) is 38.4 Å². The van der Waals surface area contributed by atoms with Crippen molar-refractivity contribution in [3.05, 3.63) is 90.2 Å². The molecule has 3 aliphatic rings. The van der Waals surface area contributed by atoms with E-state index in [2.05, 4.69) is 13.2 Å². The summed E-state index contributed by atoms with van der Waals surface area (Å²) in [6.07, 6.45) is 3.07. The summed E-state index contributed by atoms with van der Waals surface area (Å²) in [6, 6.07) is 13.1. The van der Waals surface area contributed by atoms with Gasteiger partial charge in [-0.1, -0.05) is 69.0 Å². The van der Waals surface area contributed by atoms with Gasteiger partial charge >= 0.3 is 17.9 Å². The molecule has 0 radical (unpaired) electrons. The summed E-state index contributed by atoms with van der Waals surface area (Å²) in [6.45, 7) is 10.6. The van der Waals surface area contributed by atoms with Crippen LogP contribution in [0.25, 0.3) is 11.1 Å². The highest BCUT2D eigenvalue weighted by Gasteiger charge is 2.61. The molecule has 2 aromatic rings. The van der Waals surface area contributed by atoms with E-state index in [0.29, 0.717) is 11.3 Å². The second kappa shape index (κ2) is 12.9. The zero-order chi connectivity index (χ0) is 31.5. The van der Waals surface area contributed by atoms with E-state index in [9.17, 15) is 19.2 Å². The van der Waals surface area contributed by atoms with Gasteiger partial charge in [0.2, 0.25) is 5.91 Å². The molecule has 10 nitrogen and oxygen atoms in total. The molecule has 44 heavy (non-hydrogen) atoms. The first kappa shape index (κ1) is 30.7. The maximum absolute atomic E-state index is 13.4. The zero-order valence-corrected chi connectivity index (χ0v) is 24.9. The standard InChI is InChI=1S/C34H35NO9/c1-6-15-41-34(39)31-25(19(3)30-28(32(37)35(30)31)20(4)33(38)44-43-16-7-2)18-42-26-14-10-13-23-24(17-27(36)40-5)21-11-8-9-12-22(21)29(23)26/h6-14,19-20,24,28,30H,1-2,15-18H2,3-5H3/t19-,20?,24?,28?,30?/m0/s1. The van der Waals surface area contributed by atoms with Crippen LogP contribution in [0.15, 0.2) is 79.0 Å². The number of nitrogens with zero attached hydrogens (tertiary/aromatic N) is 1. The number of fused-ring (bicyclic) bond motifs is 4. The van der Waals surface area contributed by atoms with E-state index in [4.69, 9.17) is 24.0 Å². The van der Waals surface area contributed by atoms with Crippen LogP contribution in [0.1, 0.15) is 37.3 Å². The SMILES string of the molecule is C=CCOOC(=O)C(C)C1C(=O)N2C(C(=O)OCC=C)=C(COc3cccc4c3-c3ccccc3C4CC(=O)OC)[C@H](C)C12. The maximum Gasteiger partial charge on any atom is 0.355 e. The van der Waals surface area contributed by atoms with Crippen molar-refractivity contribution in [1.29, 1.82) is 0 Å². The lowest BCUT2D eigenvalue weighted by molar-refractivity contribution is -0.271. The predicted octanol–water partition coefficient (Wildman–Crippen LogP) is 4.50. The highest BCUT2D eigenvalue weighted by Crippen LogP contribution is 2.52. The van der Waals surface area contributed by atoms with Crippen molar-refractivity contribution < 1.29 is 43.2 Å². The molecule has 0 N–H and O–H groups in total. The smallest absolute Gasteiger partial charge is 0.355 e. The van der Waals surface area contributed by atoms with Crippen molar-refractivity contribution in [3.63, 3.8) is 0 Å². The van der Waals surface area contributed by atoms with Crippen molar-refractivity contribution in [3.8, 4) is 16.9 Å². The number of amides is 1. The van der Waals surface area contributed by atoms with E-state index in [-0.39, 0.29) is 55.7 Å². The molecular weight excluding hydrogens is 566 g/mol. The Hall–Kier alpha value is -4.70. The summed E-state index contributed by atoms with van der Waals surface area (Å²) in [7, 11) is 1.37. The number of benzene rings is 2. The third kappa shape index (κ3) is 5.30. The molecule has 0 spiro atoms. The Balaban J connectivity index is 1.44. The Labute approximate surface area is 255 Å². The van der Waals surface area contributed by atoms with Crippen LogP contribution in [0.5, 0.6) is 5.75 Å². The molecule has 0 aromatic heterocycles. The number of ether oxygens (including phenoxy) is 3. The largest absolute Gasteiger partial charge is 0.488 e. The number of hydrogen-bond donors (Lipinski definition) is 0. The second-order valence-electron chi connectivity index (χ2n) is 11.0. The van der Waals surface area contributed by atoms with Crippen LogP contribution in [0.3, 0.4) is 0 Å². The molecule has 4 unspecified atom stereocenters. The molecule has 2 aliphatic heterocycles. The Morgan fingerprint density at radius 1 is 1.02 bits per heavy atom. The fourth-order valence-corrected chi connectivity index (χ4v) is 6.48. The highest BCUT2D eigenvalue weighted by atomic mass is 17.2. The molecule has 10 heteroatoms. The van der Waals surface area contributed by atoms with Gasteiger partial charge in [0.15, 0.2) is 0 Å². The minimum atomic E-state index is -0.817. The number of carbonyl (C=O) groups is 4. The average molecular weight is 602 g/mol. The Morgan fingerprint density at radius 2 is 1.75 bits per heavy atom. The molecule has 1 saturated heterocycles. The van der Waals surface area contributed by atoms with E-state index in [1.54, 1.807) is 6.92 Å². The highest BCUT2D eigenvalue weighted by molar-refractivity contribution is 6.02. The Morgan fingerprint density at radius 3 is 2.48 bits per heavy atom. The van der Waals surface area contributed by atoms with Crippen molar-refractivity contribution >= 4 is 23.8 Å². The molecule has 0 saturated carbocycles. The van der Waals surface area contributed by atoms with Crippen molar-refractivity contribution in [1.82, 2.24) is 4.90 Å². The molecule has 1 fully saturated rings. The van der Waals surface area contributed by atoms with Crippen LogP contribution in [0, 0.1) is 17.8 Å². The first-order valence-corrected chi connectivity index (χ1v) is 14.4. The second-order valence-corrected chi connectivity index (χ2v) is 11.0. The minimum absolute atomic E-state index is 0.00570. The molecule has 0 bridgehead atoms. The van der Waals surface area contributed by atoms with Gasteiger partial charge in [0.1, 0.15) is 31.3 Å². The minimum Gasteiger partial charge on any atom is -0.488 e. The summed E-state index contributed by atoms with van der Waals surface area (Å²) in [5.74, 6) is -3.53. The molecule has 1 amide bonds. The van der Waals surface area contributed by atoms with E-state index >= 15 is 0 Å². The van der Waals surface area contributed by atoms with Gasteiger partial charge in [-0.15, -0.1) is 6.58 Å². The van der Waals surface area contributed by atoms with Gasteiger partial charge < -0.3 is 19.1 Å². The number of β-lactam (4-membered cyclic amide) rings is 1. The van der Waals surface area contributed by atoms with Crippen LogP contribution in [-0.4, -0.2) is 61.7 Å². The van der Waals surface area contributed by atoms with Gasteiger partial charge in [0.25, 0.3) is 0 Å². The van der Waals surface area contributed by atoms with Gasteiger partial charge in [-0.3, -0.25) is 14.5 Å². The molecular formula is C34H35NO9. The zero-order valence-electron chi connectivity index (χ0n) is 24.9. The summed E-state index contributed by atoms with van der Waals surface area (Å²) < 4.78 is 16.8. The van der Waals surface area contributed by atoms with Gasteiger partial charge in [0, 0.05) is 23.0 Å². The summed E-state index contributed by atoms with van der Waals surface area (Å²) in [5, 5.41) is 0. The fraction of sp³-hybridized carbons (Fsp3) is 0.353. The van der Waals surface area contributed by atoms with Crippen LogP contribution in [0.4, 0.5) is 0 Å². The lowest BCUT2D eigenvalue weighted by atomic mass is 9.74. The Bertz CT molecular complexity index is 1540. The molecule has 5 rings (SSSR count). The average Bonchev–Trinajstić information content (AvgIpc) is 3.48. The third-order valence-corrected chi connectivity index (χ3v) is 8.58. The molecule has 2 heterocycles. The predicted molar refractivity (Wildman–Crippen MR) is 159 cm³/mol. The lowest BCUT2D eigenvalue weighted by Crippen LogP contribution is -2.63. The van der Waals surface area contributed by atoms with Gasteiger partial charge in [-0.25, -0.2) is 9.59 Å². The van der Waals surface area contributed by atoms with E-state index in [1.165, 1.54) is 24.2 Å². The molecule has 5 atom stereocenters.